The van der Waals surface area contributed by atoms with Crippen LogP contribution in [0.1, 0.15) is 213 Å². The first-order chi connectivity index (χ1) is 32.0. The summed E-state index contributed by atoms with van der Waals surface area (Å²) >= 11 is 0. The molecule has 366 valence electrons. The van der Waals surface area contributed by atoms with E-state index in [0.717, 1.165) is 64.2 Å². The zero-order valence-corrected chi connectivity index (χ0v) is 41.7. The van der Waals surface area contributed by atoms with Crippen molar-refractivity contribution in [2.24, 2.45) is 0 Å². The van der Waals surface area contributed by atoms with Gasteiger partial charge in [-0.15, -0.1) is 0 Å². The summed E-state index contributed by atoms with van der Waals surface area (Å²) in [5.74, 6) is -1.13. The normalized spacial score (nSPS) is 13.1. The van der Waals surface area contributed by atoms with Gasteiger partial charge in [0.15, 0.2) is 6.10 Å². The van der Waals surface area contributed by atoms with E-state index in [1.807, 2.05) is 6.08 Å². The second kappa shape index (κ2) is 52.4. The molecule has 65 heavy (non-hydrogen) atoms. The van der Waals surface area contributed by atoms with Crippen LogP contribution in [0, 0.1) is 0 Å². The molecule has 0 spiro atoms. The maximum absolute atomic E-state index is 12.8. The van der Waals surface area contributed by atoms with Crippen molar-refractivity contribution in [3.05, 3.63) is 122 Å². The highest BCUT2D eigenvalue weighted by Crippen LogP contribution is 2.10. The highest BCUT2D eigenvalue weighted by molar-refractivity contribution is 5.71. The summed E-state index contributed by atoms with van der Waals surface area (Å²) in [6.07, 6.45) is 72.0. The van der Waals surface area contributed by atoms with Crippen LogP contribution in [0.3, 0.4) is 0 Å². The number of rotatable bonds is 45. The lowest BCUT2D eigenvalue weighted by molar-refractivity contribution is -0.166. The molecule has 0 heterocycles. The molecule has 0 aliphatic carbocycles. The lowest BCUT2D eigenvalue weighted by Gasteiger charge is -2.18. The highest BCUT2D eigenvalue weighted by Gasteiger charge is 2.19. The largest absolute Gasteiger partial charge is 0.462 e. The van der Waals surface area contributed by atoms with Gasteiger partial charge >= 0.3 is 17.9 Å². The van der Waals surface area contributed by atoms with Crippen LogP contribution in [0.15, 0.2) is 122 Å². The van der Waals surface area contributed by atoms with Crippen molar-refractivity contribution >= 4 is 17.9 Å². The van der Waals surface area contributed by atoms with Crippen molar-refractivity contribution in [1.82, 2.24) is 0 Å². The van der Waals surface area contributed by atoms with Crippen molar-refractivity contribution in [2.75, 3.05) is 13.2 Å². The summed E-state index contributed by atoms with van der Waals surface area (Å²) in [5, 5.41) is 0. The number of unbranched alkanes of at least 4 members (excludes halogenated alkanes) is 14. The molecule has 0 aromatic rings. The molecule has 0 aliphatic rings. The molecule has 0 rings (SSSR count). The van der Waals surface area contributed by atoms with Gasteiger partial charge in [-0.3, -0.25) is 14.4 Å². The molecule has 6 heteroatoms. The molecule has 0 saturated heterocycles. The Labute approximate surface area is 399 Å². The van der Waals surface area contributed by atoms with E-state index in [1.165, 1.54) is 89.9 Å². The number of ether oxygens (including phenoxy) is 3. The van der Waals surface area contributed by atoms with Crippen LogP contribution in [0.2, 0.25) is 0 Å². The van der Waals surface area contributed by atoms with Gasteiger partial charge in [-0.05, 0) is 116 Å². The Hall–Kier alpha value is -4.19. The molecule has 0 aliphatic heterocycles. The maximum Gasteiger partial charge on any atom is 0.306 e. The minimum atomic E-state index is -0.854. The highest BCUT2D eigenvalue weighted by atomic mass is 16.6. The summed E-state index contributed by atoms with van der Waals surface area (Å²) in [5.41, 5.74) is 0. The lowest BCUT2D eigenvalue weighted by Crippen LogP contribution is -2.30. The van der Waals surface area contributed by atoms with E-state index in [1.54, 1.807) is 0 Å². The zero-order chi connectivity index (χ0) is 47.2. The smallest absolute Gasteiger partial charge is 0.306 e. The van der Waals surface area contributed by atoms with Gasteiger partial charge in [0.05, 0.1) is 0 Å². The maximum atomic E-state index is 12.8. The fraction of sp³-hybridized carbons (Fsp3) is 0.610. The molecular formula is C59H94O6. The molecule has 0 N–H and O–H groups in total. The molecule has 1 unspecified atom stereocenters. The molecule has 0 saturated carbocycles. The van der Waals surface area contributed by atoms with Crippen molar-refractivity contribution in [1.29, 1.82) is 0 Å². The Morgan fingerprint density at radius 3 is 0.985 bits per heavy atom. The minimum absolute atomic E-state index is 0.148. The van der Waals surface area contributed by atoms with E-state index >= 15 is 0 Å². The summed E-state index contributed by atoms with van der Waals surface area (Å²) in [4.78, 5) is 37.9. The summed E-state index contributed by atoms with van der Waals surface area (Å²) in [6.45, 7) is 6.40. The molecule has 0 radical (unpaired) electrons. The van der Waals surface area contributed by atoms with Crippen LogP contribution in [0.25, 0.3) is 0 Å². The minimum Gasteiger partial charge on any atom is -0.462 e. The fourth-order valence-corrected chi connectivity index (χ4v) is 6.48. The van der Waals surface area contributed by atoms with E-state index < -0.39 is 12.1 Å². The van der Waals surface area contributed by atoms with E-state index in [0.29, 0.717) is 19.3 Å². The molecule has 6 nitrogen and oxygen atoms in total. The quantitative estimate of drug-likeness (QED) is 0.0262. The average molecular weight is 899 g/mol. The Morgan fingerprint density at radius 1 is 0.308 bits per heavy atom. The third-order valence-corrected chi connectivity index (χ3v) is 10.4. The summed E-state index contributed by atoms with van der Waals surface area (Å²) in [7, 11) is 0. The standard InChI is InChI=1S/C59H94O6/c1-4-7-10-13-16-19-22-25-27-29-31-34-37-40-43-46-49-52-58(61)64-55-56(54-63-57(60)51-48-45-42-39-36-33-24-21-18-15-12-9-6-3)65-59(62)53-50-47-44-41-38-35-32-30-28-26-23-20-17-14-11-8-5-2/h16-17,19-20,25-28,31-36,40-45,56H,4-15,18,21-24,29-30,37-39,46-55H2,1-3H3/b19-16+,20-17+,27-25+,28-26+,34-31+,35-32+,36-33+,43-40+,44-41+,45-42+. The summed E-state index contributed by atoms with van der Waals surface area (Å²) in [6, 6.07) is 0. The monoisotopic (exact) mass is 899 g/mol. The number of carbonyl (C=O) groups excluding carboxylic acids is 3. The molecule has 0 fully saturated rings. The van der Waals surface area contributed by atoms with Crippen LogP contribution < -0.4 is 0 Å². The van der Waals surface area contributed by atoms with Crippen molar-refractivity contribution in [3.63, 3.8) is 0 Å². The van der Waals surface area contributed by atoms with Gasteiger partial charge < -0.3 is 14.2 Å². The van der Waals surface area contributed by atoms with Crippen LogP contribution in [-0.2, 0) is 28.6 Å². The Bertz CT molecular complexity index is 1400. The van der Waals surface area contributed by atoms with Crippen LogP contribution in [-0.4, -0.2) is 37.2 Å². The number of carbonyl (C=O) groups is 3. The van der Waals surface area contributed by atoms with Gasteiger partial charge in [-0.25, -0.2) is 0 Å². The van der Waals surface area contributed by atoms with Gasteiger partial charge in [0.1, 0.15) is 13.2 Å². The zero-order valence-electron chi connectivity index (χ0n) is 41.7. The van der Waals surface area contributed by atoms with Crippen molar-refractivity contribution in [3.8, 4) is 0 Å². The first-order valence-electron chi connectivity index (χ1n) is 26.0. The summed E-state index contributed by atoms with van der Waals surface area (Å²) < 4.78 is 16.6. The van der Waals surface area contributed by atoms with Gasteiger partial charge in [0, 0.05) is 19.3 Å². The van der Waals surface area contributed by atoms with Gasteiger partial charge in [0.25, 0.3) is 0 Å². The second-order valence-corrected chi connectivity index (χ2v) is 16.7. The van der Waals surface area contributed by atoms with Gasteiger partial charge in [-0.1, -0.05) is 200 Å². The van der Waals surface area contributed by atoms with Crippen molar-refractivity contribution < 1.29 is 28.6 Å². The Balaban J connectivity index is 4.65. The molecule has 0 bridgehead atoms. The topological polar surface area (TPSA) is 78.9 Å². The molecule has 1 atom stereocenters. The van der Waals surface area contributed by atoms with Crippen LogP contribution in [0.5, 0.6) is 0 Å². The van der Waals surface area contributed by atoms with Gasteiger partial charge in [0.2, 0.25) is 0 Å². The number of hydrogen-bond donors (Lipinski definition) is 0. The van der Waals surface area contributed by atoms with Gasteiger partial charge in [-0.2, -0.15) is 0 Å². The third-order valence-electron chi connectivity index (χ3n) is 10.4. The first-order valence-corrected chi connectivity index (χ1v) is 26.0. The molecule has 0 aromatic heterocycles. The fourth-order valence-electron chi connectivity index (χ4n) is 6.48. The molecular weight excluding hydrogens is 805 g/mol. The third kappa shape index (κ3) is 50.7. The average Bonchev–Trinajstić information content (AvgIpc) is 3.30. The van der Waals surface area contributed by atoms with E-state index in [-0.39, 0.29) is 44.4 Å². The van der Waals surface area contributed by atoms with E-state index in [2.05, 4.69) is 136 Å². The van der Waals surface area contributed by atoms with E-state index in [4.69, 9.17) is 14.2 Å². The van der Waals surface area contributed by atoms with E-state index in [9.17, 15) is 14.4 Å². The number of allylic oxidation sites excluding steroid dienone is 20. The SMILES string of the molecule is CCCCC/C=C/C/C=C/C/C=C/C/C=C/CCCC(=O)OCC(COC(=O)CC/C=C/C/C=C/CCCCCCCC)OC(=O)CCC/C=C/C/C=C/C/C=C/C/C=C/CCCCC. The Morgan fingerprint density at radius 2 is 0.585 bits per heavy atom. The predicted molar refractivity (Wildman–Crippen MR) is 279 cm³/mol. The number of hydrogen-bond acceptors (Lipinski definition) is 6. The van der Waals surface area contributed by atoms with Crippen LogP contribution >= 0.6 is 0 Å². The molecule has 0 amide bonds. The van der Waals surface area contributed by atoms with Crippen LogP contribution in [0.4, 0.5) is 0 Å². The number of esters is 3. The predicted octanol–water partition coefficient (Wildman–Crippen LogP) is 17.3. The van der Waals surface area contributed by atoms with Crippen molar-refractivity contribution in [2.45, 2.75) is 219 Å². The molecule has 0 aromatic carbocycles. The second-order valence-electron chi connectivity index (χ2n) is 16.7. The lowest BCUT2D eigenvalue weighted by atomic mass is 10.1. The first kappa shape index (κ1) is 60.8. The Kier molecular flexibility index (Phi) is 49.1.